The average molecular weight is 348 g/mol. The molecule has 1 atom stereocenters. The molecular weight excluding hydrogens is 330 g/mol. The summed E-state index contributed by atoms with van der Waals surface area (Å²) in [7, 11) is 0. The molecule has 1 aromatic carbocycles. The number of aromatic nitrogens is 2. The maximum atomic E-state index is 10.4. The minimum absolute atomic E-state index is 0.469. The fourth-order valence-corrected chi connectivity index (χ4v) is 3.05. The predicted molar refractivity (Wildman–Crippen MR) is 84.8 cm³/mol. The lowest BCUT2D eigenvalue weighted by Gasteiger charge is -2.13. The Morgan fingerprint density at radius 2 is 2.19 bits per heavy atom. The van der Waals surface area contributed by atoms with Gasteiger partial charge in [0.2, 0.25) is 0 Å². The number of rotatable bonds is 5. The van der Waals surface area contributed by atoms with E-state index in [2.05, 4.69) is 34.0 Å². The van der Waals surface area contributed by atoms with E-state index in [1.54, 1.807) is 18.2 Å². The quantitative estimate of drug-likeness (QED) is 0.901. The van der Waals surface area contributed by atoms with Gasteiger partial charge in [-0.15, -0.1) is 0 Å². The van der Waals surface area contributed by atoms with Crippen LogP contribution in [-0.4, -0.2) is 14.9 Å². The molecule has 1 N–H and O–H groups in total. The average Bonchev–Trinajstić information content (AvgIpc) is 2.83. The molecular formula is C16H18BrN3O. The van der Waals surface area contributed by atoms with E-state index in [9.17, 15) is 5.11 Å². The molecule has 0 amide bonds. The first-order valence-electron chi connectivity index (χ1n) is 7.02. The van der Waals surface area contributed by atoms with Crippen LogP contribution in [0.1, 0.15) is 42.5 Å². The molecule has 21 heavy (non-hydrogen) atoms. The van der Waals surface area contributed by atoms with E-state index in [4.69, 9.17) is 5.26 Å². The number of nitriles is 1. The van der Waals surface area contributed by atoms with Gasteiger partial charge in [0, 0.05) is 13.0 Å². The molecule has 1 aromatic heterocycles. The minimum Gasteiger partial charge on any atom is -0.388 e. The van der Waals surface area contributed by atoms with E-state index >= 15 is 0 Å². The van der Waals surface area contributed by atoms with Gasteiger partial charge in [-0.3, -0.25) is 4.68 Å². The first-order chi connectivity index (χ1) is 10.1. The molecule has 0 aliphatic carbocycles. The number of hydrogen-bond donors (Lipinski definition) is 1. The highest BCUT2D eigenvalue weighted by atomic mass is 79.9. The molecule has 0 saturated carbocycles. The van der Waals surface area contributed by atoms with Gasteiger partial charge in [0.05, 0.1) is 33.6 Å². The molecule has 0 spiro atoms. The van der Waals surface area contributed by atoms with Crippen molar-refractivity contribution in [1.82, 2.24) is 9.78 Å². The summed E-state index contributed by atoms with van der Waals surface area (Å²) in [6, 6.07) is 9.19. The smallest absolute Gasteiger partial charge is 0.0991 e. The summed E-state index contributed by atoms with van der Waals surface area (Å²) >= 11 is 3.59. The fourth-order valence-electron chi connectivity index (χ4n) is 2.33. The van der Waals surface area contributed by atoms with E-state index in [-0.39, 0.29) is 0 Å². The third-order valence-electron chi connectivity index (χ3n) is 3.48. The van der Waals surface area contributed by atoms with Crippen molar-refractivity contribution in [2.24, 2.45) is 0 Å². The van der Waals surface area contributed by atoms with Gasteiger partial charge in [-0.05, 0) is 47.0 Å². The maximum Gasteiger partial charge on any atom is 0.0991 e. The number of halogens is 1. The Kier molecular flexibility index (Phi) is 5.16. The SMILES string of the molecule is CCc1nn(CC)c(CC(O)c2cccc(C#N)c2)c1Br. The Labute approximate surface area is 133 Å². The van der Waals surface area contributed by atoms with Crippen LogP contribution in [0, 0.1) is 11.3 Å². The molecule has 0 fully saturated rings. The lowest BCUT2D eigenvalue weighted by atomic mass is 10.0. The third kappa shape index (κ3) is 3.34. The van der Waals surface area contributed by atoms with Crippen molar-refractivity contribution in [1.29, 1.82) is 5.26 Å². The van der Waals surface area contributed by atoms with Crippen LogP contribution in [0.4, 0.5) is 0 Å². The Balaban J connectivity index is 2.29. The molecule has 4 nitrogen and oxygen atoms in total. The van der Waals surface area contributed by atoms with Gasteiger partial charge >= 0.3 is 0 Å². The van der Waals surface area contributed by atoms with Crippen LogP contribution in [0.5, 0.6) is 0 Å². The number of hydrogen-bond acceptors (Lipinski definition) is 3. The van der Waals surface area contributed by atoms with Crippen molar-refractivity contribution in [3.8, 4) is 6.07 Å². The molecule has 0 aliphatic heterocycles. The summed E-state index contributed by atoms with van der Waals surface area (Å²) in [5, 5.41) is 23.9. The second-order valence-corrected chi connectivity index (χ2v) is 5.63. The molecule has 2 aromatic rings. The summed E-state index contributed by atoms with van der Waals surface area (Å²) in [5.41, 5.74) is 3.31. The molecule has 110 valence electrons. The van der Waals surface area contributed by atoms with E-state index in [1.807, 2.05) is 17.7 Å². The lowest BCUT2D eigenvalue weighted by molar-refractivity contribution is 0.175. The van der Waals surface area contributed by atoms with Gasteiger partial charge in [0.15, 0.2) is 0 Å². The Morgan fingerprint density at radius 1 is 1.43 bits per heavy atom. The van der Waals surface area contributed by atoms with Gasteiger partial charge in [-0.25, -0.2) is 0 Å². The first kappa shape index (κ1) is 15.7. The van der Waals surface area contributed by atoms with Crippen LogP contribution in [0.15, 0.2) is 28.7 Å². The van der Waals surface area contributed by atoms with E-state index in [0.717, 1.165) is 34.4 Å². The predicted octanol–water partition coefficient (Wildman–Crippen LogP) is 3.38. The molecule has 0 saturated heterocycles. The lowest BCUT2D eigenvalue weighted by Crippen LogP contribution is -2.09. The van der Waals surface area contributed by atoms with Crippen LogP contribution in [-0.2, 0) is 19.4 Å². The molecule has 0 aliphatic rings. The number of aryl methyl sites for hydroxylation is 2. The standard InChI is InChI=1S/C16H18BrN3O/c1-3-13-16(17)14(20(4-2)19-13)9-15(21)12-7-5-6-11(8-12)10-18/h5-8,15,21H,3-4,9H2,1-2H3. The van der Waals surface area contributed by atoms with Gasteiger partial charge in [0.1, 0.15) is 0 Å². The molecule has 1 heterocycles. The second-order valence-electron chi connectivity index (χ2n) is 4.83. The first-order valence-corrected chi connectivity index (χ1v) is 7.82. The third-order valence-corrected chi connectivity index (χ3v) is 4.40. The molecule has 2 rings (SSSR count). The summed E-state index contributed by atoms with van der Waals surface area (Å²) < 4.78 is 2.89. The maximum absolute atomic E-state index is 10.4. The fraction of sp³-hybridized carbons (Fsp3) is 0.375. The van der Waals surface area contributed by atoms with Crippen LogP contribution >= 0.6 is 15.9 Å². The van der Waals surface area contributed by atoms with Crippen molar-refractivity contribution in [3.05, 3.63) is 51.3 Å². The number of aliphatic hydroxyl groups is 1. The minimum atomic E-state index is -0.652. The summed E-state index contributed by atoms with van der Waals surface area (Å²) in [6.45, 7) is 4.85. The molecule has 0 bridgehead atoms. The Bertz CT molecular complexity index is 673. The number of nitrogens with zero attached hydrogens (tertiary/aromatic N) is 3. The highest BCUT2D eigenvalue weighted by Gasteiger charge is 2.18. The van der Waals surface area contributed by atoms with E-state index in [1.165, 1.54) is 0 Å². The number of benzene rings is 1. The van der Waals surface area contributed by atoms with Crippen molar-refractivity contribution in [2.45, 2.75) is 39.3 Å². The normalized spacial score (nSPS) is 12.1. The highest BCUT2D eigenvalue weighted by Crippen LogP contribution is 2.27. The summed E-state index contributed by atoms with van der Waals surface area (Å²) in [5.74, 6) is 0. The Morgan fingerprint density at radius 3 is 2.81 bits per heavy atom. The van der Waals surface area contributed by atoms with Crippen molar-refractivity contribution in [2.75, 3.05) is 0 Å². The molecule has 1 unspecified atom stereocenters. The zero-order valence-electron chi connectivity index (χ0n) is 12.2. The van der Waals surface area contributed by atoms with Crippen LogP contribution in [0.2, 0.25) is 0 Å². The van der Waals surface area contributed by atoms with Crippen LogP contribution < -0.4 is 0 Å². The highest BCUT2D eigenvalue weighted by molar-refractivity contribution is 9.10. The van der Waals surface area contributed by atoms with Crippen LogP contribution in [0.25, 0.3) is 0 Å². The second kappa shape index (κ2) is 6.88. The van der Waals surface area contributed by atoms with Crippen LogP contribution in [0.3, 0.4) is 0 Å². The van der Waals surface area contributed by atoms with Crippen molar-refractivity contribution in [3.63, 3.8) is 0 Å². The van der Waals surface area contributed by atoms with Gasteiger partial charge in [0.25, 0.3) is 0 Å². The Hall–Kier alpha value is -1.64. The van der Waals surface area contributed by atoms with Crippen molar-refractivity contribution < 1.29 is 5.11 Å². The zero-order valence-corrected chi connectivity index (χ0v) is 13.8. The zero-order chi connectivity index (χ0) is 15.4. The van der Waals surface area contributed by atoms with Crippen molar-refractivity contribution >= 4 is 15.9 Å². The summed E-state index contributed by atoms with van der Waals surface area (Å²) in [6.07, 6.45) is 0.665. The largest absolute Gasteiger partial charge is 0.388 e. The topological polar surface area (TPSA) is 61.8 Å². The summed E-state index contributed by atoms with van der Waals surface area (Å²) in [4.78, 5) is 0. The molecule has 0 radical (unpaired) electrons. The number of aliphatic hydroxyl groups excluding tert-OH is 1. The monoisotopic (exact) mass is 347 g/mol. The van der Waals surface area contributed by atoms with E-state index < -0.39 is 6.10 Å². The van der Waals surface area contributed by atoms with E-state index in [0.29, 0.717) is 12.0 Å². The van der Waals surface area contributed by atoms with Gasteiger partial charge in [-0.2, -0.15) is 10.4 Å². The molecule has 5 heteroatoms. The van der Waals surface area contributed by atoms with Gasteiger partial charge in [-0.1, -0.05) is 19.1 Å². The van der Waals surface area contributed by atoms with Gasteiger partial charge < -0.3 is 5.11 Å².